The van der Waals surface area contributed by atoms with Crippen molar-refractivity contribution in [3.05, 3.63) is 53.7 Å². The summed E-state index contributed by atoms with van der Waals surface area (Å²) >= 11 is 0. The molecule has 2 aromatic rings. The molecule has 0 atom stereocenters. The van der Waals surface area contributed by atoms with E-state index in [1.54, 1.807) is 12.1 Å². The van der Waals surface area contributed by atoms with Crippen LogP contribution in [0.3, 0.4) is 0 Å². The summed E-state index contributed by atoms with van der Waals surface area (Å²) in [5.41, 5.74) is 2.36. The second kappa shape index (κ2) is 7.29. The largest absolute Gasteiger partial charge is 0.379 e. The van der Waals surface area contributed by atoms with Crippen LogP contribution in [0.2, 0.25) is 0 Å². The number of nitrogens with zero attached hydrogens (tertiary/aromatic N) is 2. The van der Waals surface area contributed by atoms with E-state index in [2.05, 4.69) is 34.6 Å². The van der Waals surface area contributed by atoms with Gasteiger partial charge in [0.2, 0.25) is 10.0 Å². The summed E-state index contributed by atoms with van der Waals surface area (Å²) in [5.74, 6) is 0.650. The molecule has 0 bridgehead atoms. The molecule has 128 valence electrons. The van der Waals surface area contributed by atoms with Crippen LogP contribution in [0.5, 0.6) is 0 Å². The maximum Gasteiger partial charge on any atom is 0.244 e. The fourth-order valence-electron chi connectivity index (χ4n) is 2.47. The molecule has 1 N–H and O–H groups in total. The minimum absolute atomic E-state index is 0.213. The monoisotopic (exact) mass is 347 g/mol. The minimum Gasteiger partial charge on any atom is -0.379 e. The molecule has 1 aliphatic heterocycles. The second-order valence-corrected chi connectivity index (χ2v) is 7.67. The van der Waals surface area contributed by atoms with Crippen LogP contribution in [-0.4, -0.2) is 44.0 Å². The first-order valence-corrected chi connectivity index (χ1v) is 9.33. The number of aromatic nitrogens is 1. The maximum atomic E-state index is 12.5. The average Bonchev–Trinajstić information content (AvgIpc) is 2.62. The van der Waals surface area contributed by atoms with Crippen molar-refractivity contribution in [2.75, 3.05) is 31.6 Å². The first-order chi connectivity index (χ1) is 11.6. The lowest BCUT2D eigenvalue weighted by molar-refractivity contribution is 0.0730. The van der Waals surface area contributed by atoms with Crippen LogP contribution in [0.1, 0.15) is 11.1 Å². The molecule has 3 rings (SSSR count). The van der Waals surface area contributed by atoms with Crippen LogP contribution in [0, 0.1) is 6.92 Å². The number of morpholine rings is 1. The predicted octanol–water partition coefficient (Wildman–Crippen LogP) is 2.02. The summed E-state index contributed by atoms with van der Waals surface area (Å²) in [7, 11) is -3.49. The van der Waals surface area contributed by atoms with E-state index in [4.69, 9.17) is 4.74 Å². The van der Waals surface area contributed by atoms with Crippen molar-refractivity contribution in [1.29, 1.82) is 0 Å². The molecule has 0 spiro atoms. The summed E-state index contributed by atoms with van der Waals surface area (Å²) in [6.07, 6.45) is 1.41. The smallest absolute Gasteiger partial charge is 0.244 e. The lowest BCUT2D eigenvalue weighted by Gasteiger charge is -2.25. The van der Waals surface area contributed by atoms with Gasteiger partial charge in [0, 0.05) is 25.8 Å². The Balaban J connectivity index is 1.65. The summed E-state index contributed by atoms with van der Waals surface area (Å²) in [5, 5.41) is 3.20. The van der Waals surface area contributed by atoms with Crippen LogP contribution in [0.15, 0.2) is 47.5 Å². The Morgan fingerprint density at radius 3 is 2.46 bits per heavy atom. The number of nitrogens with one attached hydrogen (secondary N) is 1. The molecule has 0 radical (unpaired) electrons. The Bertz CT molecular complexity index is 768. The third-order valence-corrected chi connectivity index (χ3v) is 5.82. The van der Waals surface area contributed by atoms with E-state index in [1.807, 2.05) is 6.92 Å². The molecule has 0 saturated carbocycles. The highest BCUT2D eigenvalue weighted by atomic mass is 32.2. The van der Waals surface area contributed by atoms with Gasteiger partial charge in [-0.3, -0.25) is 0 Å². The number of hydrogen-bond donors (Lipinski definition) is 1. The van der Waals surface area contributed by atoms with Gasteiger partial charge in [0.15, 0.2) is 0 Å². The fourth-order valence-corrected chi connectivity index (χ4v) is 3.83. The third-order valence-electron chi connectivity index (χ3n) is 3.94. The molecule has 1 aliphatic rings. The van der Waals surface area contributed by atoms with Gasteiger partial charge in [-0.2, -0.15) is 4.31 Å². The van der Waals surface area contributed by atoms with E-state index in [0.29, 0.717) is 38.7 Å². The van der Waals surface area contributed by atoms with Crippen molar-refractivity contribution >= 4 is 15.8 Å². The molecule has 0 unspecified atom stereocenters. The van der Waals surface area contributed by atoms with E-state index in [9.17, 15) is 8.42 Å². The van der Waals surface area contributed by atoms with Crippen LogP contribution >= 0.6 is 0 Å². The molecule has 1 saturated heterocycles. The molecular formula is C17H21N3O3S. The molecule has 1 aromatic heterocycles. The highest BCUT2D eigenvalue weighted by Gasteiger charge is 2.26. The van der Waals surface area contributed by atoms with Gasteiger partial charge in [0.25, 0.3) is 0 Å². The van der Waals surface area contributed by atoms with Crippen molar-refractivity contribution < 1.29 is 13.2 Å². The van der Waals surface area contributed by atoms with E-state index >= 15 is 0 Å². The number of rotatable bonds is 5. The van der Waals surface area contributed by atoms with Crippen LogP contribution in [0.25, 0.3) is 0 Å². The highest BCUT2D eigenvalue weighted by molar-refractivity contribution is 7.89. The molecule has 6 nitrogen and oxygen atoms in total. The van der Waals surface area contributed by atoms with E-state index < -0.39 is 10.0 Å². The van der Waals surface area contributed by atoms with Crippen molar-refractivity contribution in [1.82, 2.24) is 9.29 Å². The Kier molecular flexibility index (Phi) is 5.13. The third kappa shape index (κ3) is 3.92. The first kappa shape index (κ1) is 16.9. The number of ether oxygens (including phenoxy) is 1. The van der Waals surface area contributed by atoms with Gasteiger partial charge < -0.3 is 10.1 Å². The molecule has 1 aromatic carbocycles. The van der Waals surface area contributed by atoms with Crippen molar-refractivity contribution in [3.63, 3.8) is 0 Å². The molecule has 24 heavy (non-hydrogen) atoms. The van der Waals surface area contributed by atoms with Gasteiger partial charge in [-0.1, -0.05) is 29.8 Å². The minimum atomic E-state index is -3.49. The Labute approximate surface area is 142 Å². The zero-order valence-corrected chi connectivity index (χ0v) is 14.4. The van der Waals surface area contributed by atoms with Crippen LogP contribution in [-0.2, 0) is 21.3 Å². The van der Waals surface area contributed by atoms with Gasteiger partial charge >= 0.3 is 0 Å². The van der Waals surface area contributed by atoms with E-state index in [0.717, 1.165) is 5.56 Å². The Morgan fingerprint density at radius 2 is 1.83 bits per heavy atom. The number of aryl methyl sites for hydroxylation is 1. The lowest BCUT2D eigenvalue weighted by atomic mass is 10.1. The van der Waals surface area contributed by atoms with Gasteiger partial charge in [0.05, 0.1) is 13.2 Å². The quantitative estimate of drug-likeness (QED) is 0.896. The molecule has 2 heterocycles. The van der Waals surface area contributed by atoms with E-state index in [1.165, 1.54) is 16.1 Å². The summed E-state index contributed by atoms with van der Waals surface area (Å²) in [6.45, 7) is 4.33. The average molecular weight is 347 g/mol. The zero-order valence-electron chi connectivity index (χ0n) is 13.6. The van der Waals surface area contributed by atoms with Gasteiger partial charge in [-0.15, -0.1) is 0 Å². The predicted molar refractivity (Wildman–Crippen MR) is 92.3 cm³/mol. The topological polar surface area (TPSA) is 71.5 Å². The number of benzene rings is 1. The summed E-state index contributed by atoms with van der Waals surface area (Å²) in [6, 6.07) is 11.5. The Hall–Kier alpha value is -1.96. The fraction of sp³-hybridized carbons (Fsp3) is 0.353. The first-order valence-electron chi connectivity index (χ1n) is 7.89. The number of hydrogen-bond acceptors (Lipinski definition) is 5. The number of anilines is 1. The van der Waals surface area contributed by atoms with Crippen molar-refractivity contribution in [2.45, 2.75) is 18.4 Å². The second-order valence-electron chi connectivity index (χ2n) is 5.73. The van der Waals surface area contributed by atoms with Gasteiger partial charge in [-0.25, -0.2) is 13.4 Å². The molecule has 7 heteroatoms. The highest BCUT2D eigenvalue weighted by Crippen LogP contribution is 2.18. The maximum absolute atomic E-state index is 12.5. The Morgan fingerprint density at radius 1 is 1.12 bits per heavy atom. The van der Waals surface area contributed by atoms with Crippen molar-refractivity contribution in [3.8, 4) is 0 Å². The van der Waals surface area contributed by atoms with Crippen molar-refractivity contribution in [2.24, 2.45) is 0 Å². The van der Waals surface area contributed by atoms with Gasteiger partial charge in [-0.05, 0) is 24.6 Å². The standard InChI is InChI=1S/C17H21N3O3S/c1-14-2-4-15(5-3-14)12-18-17-7-6-16(13-19-17)24(21,22)20-8-10-23-11-9-20/h2-7,13H,8-12H2,1H3,(H,18,19). The zero-order chi connectivity index (χ0) is 17.0. The molecule has 0 amide bonds. The SMILES string of the molecule is Cc1ccc(CNc2ccc(S(=O)(=O)N3CCOCC3)cn2)cc1. The molecular weight excluding hydrogens is 326 g/mol. The van der Waals surface area contributed by atoms with Gasteiger partial charge in [0.1, 0.15) is 10.7 Å². The van der Waals surface area contributed by atoms with Crippen LogP contribution in [0.4, 0.5) is 5.82 Å². The van der Waals surface area contributed by atoms with Crippen LogP contribution < -0.4 is 5.32 Å². The number of pyridine rings is 1. The lowest BCUT2D eigenvalue weighted by Crippen LogP contribution is -2.40. The molecule has 0 aliphatic carbocycles. The normalized spacial score (nSPS) is 16.0. The molecule has 1 fully saturated rings. The number of sulfonamides is 1. The summed E-state index contributed by atoms with van der Waals surface area (Å²) < 4.78 is 31.7. The van der Waals surface area contributed by atoms with E-state index in [-0.39, 0.29) is 4.90 Å². The summed E-state index contributed by atoms with van der Waals surface area (Å²) in [4.78, 5) is 4.44.